The predicted octanol–water partition coefficient (Wildman–Crippen LogP) is 1.08. The highest BCUT2D eigenvalue weighted by Gasteiger charge is 2.32. The molecule has 5 heteroatoms. The monoisotopic (exact) mass is 224 g/mol. The van der Waals surface area contributed by atoms with Gasteiger partial charge in [0.15, 0.2) is 5.82 Å². The first kappa shape index (κ1) is 9.39. The minimum absolute atomic E-state index is 0.644. The number of hydrogen-bond donors (Lipinski definition) is 1. The lowest BCUT2D eigenvalue weighted by Gasteiger charge is -2.40. The zero-order chi connectivity index (χ0) is 10.4. The fourth-order valence-corrected chi connectivity index (χ4v) is 3.57. The third kappa shape index (κ3) is 1.33. The van der Waals surface area contributed by atoms with Crippen LogP contribution in [0.1, 0.15) is 5.69 Å². The largest absolute Gasteiger partial charge is 0.378 e. The van der Waals surface area contributed by atoms with Crippen molar-refractivity contribution in [3.8, 4) is 0 Å². The summed E-state index contributed by atoms with van der Waals surface area (Å²) in [5, 5.41) is 8.00. The summed E-state index contributed by atoms with van der Waals surface area (Å²) in [7, 11) is 2.04. The van der Waals surface area contributed by atoms with Crippen molar-refractivity contribution < 1.29 is 0 Å². The zero-order valence-electron chi connectivity index (χ0n) is 9.16. The van der Waals surface area contributed by atoms with Crippen LogP contribution < -0.4 is 10.2 Å². The highest BCUT2D eigenvalue weighted by molar-refractivity contribution is 7.99. The van der Waals surface area contributed by atoms with Crippen LogP contribution in [0.3, 0.4) is 0 Å². The van der Waals surface area contributed by atoms with Crippen LogP contribution >= 0.6 is 11.8 Å². The van der Waals surface area contributed by atoms with E-state index >= 15 is 0 Å². The van der Waals surface area contributed by atoms with Crippen LogP contribution in [-0.2, 0) is 7.05 Å². The van der Waals surface area contributed by atoms with Crippen molar-refractivity contribution in [2.45, 2.75) is 13.0 Å². The Morgan fingerprint density at radius 3 is 3.27 bits per heavy atom. The second-order valence-electron chi connectivity index (χ2n) is 4.21. The van der Waals surface area contributed by atoms with Crippen LogP contribution in [0.15, 0.2) is 0 Å². The molecule has 1 N–H and O–H groups in total. The van der Waals surface area contributed by atoms with E-state index in [4.69, 9.17) is 0 Å². The Morgan fingerprint density at radius 1 is 1.53 bits per heavy atom. The van der Waals surface area contributed by atoms with Gasteiger partial charge in [0, 0.05) is 31.6 Å². The lowest BCUT2D eigenvalue weighted by molar-refractivity contribution is 0.619. The van der Waals surface area contributed by atoms with E-state index in [2.05, 4.69) is 34.0 Å². The maximum absolute atomic E-state index is 4.49. The third-order valence-electron chi connectivity index (χ3n) is 3.21. The molecule has 1 saturated heterocycles. The molecular formula is C10H16N4S. The van der Waals surface area contributed by atoms with E-state index in [1.54, 1.807) is 0 Å². The van der Waals surface area contributed by atoms with Gasteiger partial charge in [-0.2, -0.15) is 16.9 Å². The number of rotatable bonds is 0. The molecule has 3 heterocycles. The predicted molar refractivity (Wildman–Crippen MR) is 64.9 cm³/mol. The lowest BCUT2D eigenvalue weighted by Crippen LogP contribution is -2.50. The number of thioether (sulfide) groups is 1. The molecule has 0 aromatic carbocycles. The number of anilines is 2. The molecule has 0 bridgehead atoms. The van der Waals surface area contributed by atoms with Crippen LogP contribution in [-0.4, -0.2) is 40.4 Å². The van der Waals surface area contributed by atoms with E-state index in [9.17, 15) is 0 Å². The van der Waals surface area contributed by atoms with Crippen molar-refractivity contribution in [1.82, 2.24) is 9.78 Å². The van der Waals surface area contributed by atoms with Gasteiger partial charge in [0.05, 0.1) is 11.7 Å². The van der Waals surface area contributed by atoms with Crippen LogP contribution in [0, 0.1) is 6.92 Å². The minimum Gasteiger partial charge on any atom is -0.378 e. The smallest absolute Gasteiger partial charge is 0.150 e. The number of nitrogens with one attached hydrogen (secondary N) is 1. The normalized spacial score (nSPS) is 24.4. The molecule has 0 spiro atoms. The molecule has 1 aromatic rings. The molecule has 0 aliphatic carbocycles. The standard InChI is InChI=1S/C10H16N4S/c1-7-9-10(13(2)12-7)14-3-4-15-6-8(14)5-11-9/h8,11H,3-6H2,1-2H3. The first-order chi connectivity index (χ1) is 7.27. The van der Waals surface area contributed by atoms with Crippen LogP contribution in [0.25, 0.3) is 0 Å². The molecule has 15 heavy (non-hydrogen) atoms. The molecule has 1 atom stereocenters. The van der Waals surface area contributed by atoms with Gasteiger partial charge in [-0.05, 0) is 6.92 Å². The molecule has 0 saturated carbocycles. The van der Waals surface area contributed by atoms with Crippen molar-refractivity contribution in [2.24, 2.45) is 7.05 Å². The molecule has 0 radical (unpaired) electrons. The van der Waals surface area contributed by atoms with Crippen molar-refractivity contribution in [2.75, 3.05) is 34.8 Å². The summed E-state index contributed by atoms with van der Waals surface area (Å²) >= 11 is 2.06. The summed E-state index contributed by atoms with van der Waals surface area (Å²) in [6, 6.07) is 0.644. The highest BCUT2D eigenvalue weighted by Crippen LogP contribution is 2.36. The van der Waals surface area contributed by atoms with Crippen molar-refractivity contribution >= 4 is 23.3 Å². The fraction of sp³-hybridized carbons (Fsp3) is 0.700. The van der Waals surface area contributed by atoms with E-state index in [0.717, 1.165) is 18.8 Å². The van der Waals surface area contributed by atoms with E-state index in [0.29, 0.717) is 6.04 Å². The average Bonchev–Trinajstić information content (AvgIpc) is 2.55. The Kier molecular flexibility index (Phi) is 2.09. The summed E-state index contributed by atoms with van der Waals surface area (Å²) in [6.45, 7) is 4.29. The number of fused-ring (bicyclic) bond motifs is 3. The van der Waals surface area contributed by atoms with Gasteiger partial charge in [-0.1, -0.05) is 0 Å². The molecule has 1 fully saturated rings. The SMILES string of the molecule is Cc1nn(C)c2c1NCC1CSCCN21. The van der Waals surface area contributed by atoms with Gasteiger partial charge in [0.25, 0.3) is 0 Å². The zero-order valence-corrected chi connectivity index (χ0v) is 9.97. The number of aryl methyl sites for hydroxylation is 2. The maximum atomic E-state index is 4.49. The van der Waals surface area contributed by atoms with Crippen molar-refractivity contribution in [1.29, 1.82) is 0 Å². The van der Waals surface area contributed by atoms with E-state index in [1.807, 2.05) is 11.7 Å². The minimum atomic E-state index is 0.644. The summed E-state index contributed by atoms with van der Waals surface area (Å²) in [6.07, 6.45) is 0. The first-order valence-corrected chi connectivity index (χ1v) is 6.54. The van der Waals surface area contributed by atoms with Gasteiger partial charge in [0.1, 0.15) is 5.69 Å². The van der Waals surface area contributed by atoms with Gasteiger partial charge in [-0.3, -0.25) is 4.68 Å². The number of hydrogen-bond acceptors (Lipinski definition) is 4. The Balaban J connectivity index is 2.05. The summed E-state index contributed by atoms with van der Waals surface area (Å²) < 4.78 is 2.01. The van der Waals surface area contributed by atoms with E-state index < -0.39 is 0 Å². The number of aromatic nitrogens is 2. The third-order valence-corrected chi connectivity index (χ3v) is 4.30. The molecule has 82 valence electrons. The summed E-state index contributed by atoms with van der Waals surface area (Å²) in [5.41, 5.74) is 2.35. The Hall–Kier alpha value is -0.840. The van der Waals surface area contributed by atoms with Crippen molar-refractivity contribution in [3.63, 3.8) is 0 Å². The number of nitrogens with zero attached hydrogens (tertiary/aromatic N) is 3. The summed E-state index contributed by atoms with van der Waals surface area (Å²) in [5.74, 6) is 3.75. The lowest BCUT2D eigenvalue weighted by atomic mass is 10.2. The molecular weight excluding hydrogens is 208 g/mol. The van der Waals surface area contributed by atoms with Gasteiger partial charge in [0.2, 0.25) is 0 Å². The molecule has 4 nitrogen and oxygen atoms in total. The van der Waals surface area contributed by atoms with Crippen LogP contribution in [0.4, 0.5) is 11.5 Å². The van der Waals surface area contributed by atoms with E-state index in [1.165, 1.54) is 23.0 Å². The van der Waals surface area contributed by atoms with Gasteiger partial charge < -0.3 is 10.2 Å². The maximum Gasteiger partial charge on any atom is 0.150 e. The second-order valence-corrected chi connectivity index (χ2v) is 5.36. The second kappa shape index (κ2) is 3.33. The molecule has 0 amide bonds. The molecule has 2 aliphatic rings. The summed E-state index contributed by atoms with van der Waals surface area (Å²) in [4.78, 5) is 2.52. The van der Waals surface area contributed by atoms with Gasteiger partial charge >= 0.3 is 0 Å². The highest BCUT2D eigenvalue weighted by atomic mass is 32.2. The molecule has 1 unspecified atom stereocenters. The quantitative estimate of drug-likeness (QED) is 0.715. The average molecular weight is 224 g/mol. The Labute approximate surface area is 94.0 Å². The Bertz CT molecular complexity index is 387. The van der Waals surface area contributed by atoms with Gasteiger partial charge in [-0.15, -0.1) is 0 Å². The first-order valence-electron chi connectivity index (χ1n) is 5.39. The van der Waals surface area contributed by atoms with E-state index in [-0.39, 0.29) is 0 Å². The fourth-order valence-electron chi connectivity index (χ4n) is 2.51. The molecule has 3 rings (SSSR count). The van der Waals surface area contributed by atoms with Gasteiger partial charge in [-0.25, -0.2) is 0 Å². The van der Waals surface area contributed by atoms with Crippen molar-refractivity contribution in [3.05, 3.63) is 5.69 Å². The molecule has 2 aliphatic heterocycles. The topological polar surface area (TPSA) is 33.1 Å². The van der Waals surface area contributed by atoms with Crippen LogP contribution in [0.2, 0.25) is 0 Å². The van der Waals surface area contributed by atoms with Crippen LogP contribution in [0.5, 0.6) is 0 Å². The molecule has 1 aromatic heterocycles. The Morgan fingerprint density at radius 2 is 2.40 bits per heavy atom.